The highest BCUT2D eigenvalue weighted by molar-refractivity contribution is 5.75. The van der Waals surface area contributed by atoms with Gasteiger partial charge in [0.2, 0.25) is 0 Å². The van der Waals surface area contributed by atoms with Crippen molar-refractivity contribution in [2.45, 2.75) is 39.5 Å². The maximum absolute atomic E-state index is 12.1. The molecule has 5 heteroatoms. The molecule has 0 saturated heterocycles. The van der Waals surface area contributed by atoms with Gasteiger partial charge in [-0.3, -0.25) is 4.79 Å². The van der Waals surface area contributed by atoms with Crippen molar-refractivity contribution in [1.82, 2.24) is 19.9 Å². The molecule has 3 rings (SSSR count). The van der Waals surface area contributed by atoms with E-state index in [0.717, 1.165) is 28.8 Å². The van der Waals surface area contributed by atoms with E-state index in [1.54, 1.807) is 6.20 Å². The van der Waals surface area contributed by atoms with Gasteiger partial charge in [0.1, 0.15) is 11.5 Å². The van der Waals surface area contributed by atoms with Crippen LogP contribution in [0.4, 0.5) is 0 Å². The first-order chi connectivity index (χ1) is 11.1. The molecule has 2 N–H and O–H groups in total. The van der Waals surface area contributed by atoms with Gasteiger partial charge in [0.15, 0.2) is 0 Å². The average Bonchev–Trinajstić information content (AvgIpc) is 3.02. The van der Waals surface area contributed by atoms with Crippen molar-refractivity contribution in [3.05, 3.63) is 58.0 Å². The molecule has 0 saturated carbocycles. The number of rotatable bonds is 5. The van der Waals surface area contributed by atoms with E-state index in [1.807, 2.05) is 25.3 Å². The van der Waals surface area contributed by atoms with Crippen LogP contribution in [0.2, 0.25) is 0 Å². The molecule has 0 amide bonds. The molecule has 0 fully saturated rings. The third-order valence-electron chi connectivity index (χ3n) is 4.11. The third-order valence-corrected chi connectivity index (χ3v) is 4.11. The third kappa shape index (κ3) is 3.04. The van der Waals surface area contributed by atoms with Crippen molar-refractivity contribution >= 4 is 11.0 Å². The number of fused-ring (bicyclic) bond motifs is 1. The van der Waals surface area contributed by atoms with Gasteiger partial charge in [0.05, 0.1) is 11.0 Å². The number of nitrogens with one attached hydrogen (secondary N) is 2. The van der Waals surface area contributed by atoms with Crippen LogP contribution >= 0.6 is 0 Å². The van der Waals surface area contributed by atoms with Gasteiger partial charge >= 0.3 is 0 Å². The molecule has 0 aliphatic rings. The average molecular weight is 310 g/mol. The molecule has 1 aromatic carbocycles. The van der Waals surface area contributed by atoms with Crippen molar-refractivity contribution in [2.75, 3.05) is 0 Å². The molecule has 0 aliphatic carbocycles. The number of aromatic amines is 2. The molecular weight excluding hydrogens is 288 g/mol. The van der Waals surface area contributed by atoms with E-state index in [-0.39, 0.29) is 11.5 Å². The van der Waals surface area contributed by atoms with Crippen LogP contribution in [-0.2, 0) is 6.42 Å². The molecule has 3 aromatic rings. The minimum atomic E-state index is -0.0874. The van der Waals surface area contributed by atoms with Crippen LogP contribution in [0, 0.1) is 5.92 Å². The Kier molecular flexibility index (Phi) is 4.28. The van der Waals surface area contributed by atoms with Gasteiger partial charge in [0, 0.05) is 18.3 Å². The maximum atomic E-state index is 12.1. The van der Waals surface area contributed by atoms with E-state index in [4.69, 9.17) is 0 Å². The largest absolute Gasteiger partial charge is 0.348 e. The van der Waals surface area contributed by atoms with Crippen LogP contribution in [0.5, 0.6) is 0 Å². The number of benzene rings is 1. The summed E-state index contributed by atoms with van der Waals surface area (Å²) in [5.41, 5.74) is 3.27. The van der Waals surface area contributed by atoms with Crippen LogP contribution in [-0.4, -0.2) is 19.9 Å². The Balaban J connectivity index is 2.09. The highest BCUT2D eigenvalue weighted by Gasteiger charge is 2.21. The number of hydrogen-bond donors (Lipinski definition) is 2. The fourth-order valence-corrected chi connectivity index (χ4v) is 3.05. The molecule has 0 aliphatic heterocycles. The Morgan fingerprint density at radius 3 is 2.74 bits per heavy atom. The first-order valence-corrected chi connectivity index (χ1v) is 8.12. The molecule has 0 bridgehead atoms. The fourth-order valence-electron chi connectivity index (χ4n) is 3.05. The second-order valence-corrected chi connectivity index (χ2v) is 6.24. The molecule has 1 atom stereocenters. The second-order valence-electron chi connectivity index (χ2n) is 6.24. The van der Waals surface area contributed by atoms with E-state index in [2.05, 4.69) is 39.8 Å². The van der Waals surface area contributed by atoms with Gasteiger partial charge in [-0.1, -0.05) is 33.3 Å². The van der Waals surface area contributed by atoms with E-state index in [1.165, 1.54) is 0 Å². The minimum absolute atomic E-state index is 0.0874. The molecule has 2 aromatic heterocycles. The second kappa shape index (κ2) is 6.36. The minimum Gasteiger partial charge on any atom is -0.348 e. The Labute approximate surface area is 135 Å². The molecule has 1 unspecified atom stereocenters. The normalized spacial score (nSPS) is 12.9. The summed E-state index contributed by atoms with van der Waals surface area (Å²) in [5, 5.41) is 0. The zero-order valence-electron chi connectivity index (χ0n) is 13.8. The van der Waals surface area contributed by atoms with Crippen LogP contribution < -0.4 is 5.56 Å². The number of aromatic nitrogens is 4. The summed E-state index contributed by atoms with van der Waals surface area (Å²) < 4.78 is 0. The number of hydrogen-bond acceptors (Lipinski definition) is 3. The Morgan fingerprint density at radius 2 is 2.09 bits per heavy atom. The van der Waals surface area contributed by atoms with Gasteiger partial charge in [-0.05, 0) is 30.0 Å². The fraction of sp³-hybridized carbons (Fsp3) is 0.389. The first kappa shape index (κ1) is 15.5. The van der Waals surface area contributed by atoms with Crippen molar-refractivity contribution < 1.29 is 0 Å². The lowest BCUT2D eigenvalue weighted by Gasteiger charge is -2.19. The molecule has 0 spiro atoms. The first-order valence-electron chi connectivity index (χ1n) is 8.12. The summed E-state index contributed by atoms with van der Waals surface area (Å²) in [6, 6.07) is 6.08. The van der Waals surface area contributed by atoms with Gasteiger partial charge in [-0.15, -0.1) is 0 Å². The number of nitrogens with zero attached hydrogens (tertiary/aromatic N) is 2. The summed E-state index contributed by atoms with van der Waals surface area (Å²) in [6.07, 6.45) is 5.22. The molecule has 120 valence electrons. The smallest absolute Gasteiger partial charge is 0.270 e. The van der Waals surface area contributed by atoms with Crippen molar-refractivity contribution in [1.29, 1.82) is 0 Å². The predicted octanol–water partition coefficient (Wildman–Crippen LogP) is 3.39. The van der Waals surface area contributed by atoms with E-state index < -0.39 is 0 Å². The van der Waals surface area contributed by atoms with Gasteiger partial charge in [-0.25, -0.2) is 9.97 Å². The number of imidazole rings is 1. The summed E-state index contributed by atoms with van der Waals surface area (Å²) in [7, 11) is 0. The van der Waals surface area contributed by atoms with E-state index >= 15 is 0 Å². The highest BCUT2D eigenvalue weighted by atomic mass is 16.1. The van der Waals surface area contributed by atoms with Crippen molar-refractivity contribution in [2.24, 2.45) is 5.92 Å². The summed E-state index contributed by atoms with van der Waals surface area (Å²) in [6.45, 7) is 6.39. The molecule has 2 heterocycles. The lowest BCUT2D eigenvalue weighted by atomic mass is 9.87. The monoisotopic (exact) mass is 310 g/mol. The van der Waals surface area contributed by atoms with E-state index in [9.17, 15) is 4.79 Å². The topological polar surface area (TPSA) is 74.4 Å². The molecule has 0 radical (unpaired) electrons. The lowest BCUT2D eigenvalue weighted by Crippen LogP contribution is -2.16. The maximum Gasteiger partial charge on any atom is 0.270 e. The lowest BCUT2D eigenvalue weighted by molar-refractivity contribution is 0.543. The van der Waals surface area contributed by atoms with Crippen LogP contribution in [0.1, 0.15) is 50.2 Å². The standard InChI is InChI=1S/C18H22N4O/c1-4-5-14-18(23)22-15-10-12(6-7-13(15)21-14)16(11(2)3)17-19-8-9-20-17/h6-11,16H,4-5H2,1-3H3,(H,19,20)(H,22,23). The van der Waals surface area contributed by atoms with Gasteiger partial charge in [0.25, 0.3) is 5.56 Å². The molecule has 5 nitrogen and oxygen atoms in total. The SMILES string of the molecule is CCCc1nc2ccc(C(c3ncc[nH]3)C(C)C)cc2[nH]c1=O. The van der Waals surface area contributed by atoms with Crippen LogP contribution in [0.3, 0.4) is 0 Å². The molecule has 23 heavy (non-hydrogen) atoms. The summed E-state index contributed by atoms with van der Waals surface area (Å²) in [5.74, 6) is 1.49. The number of aryl methyl sites for hydroxylation is 1. The Bertz CT molecular complexity index is 849. The zero-order valence-corrected chi connectivity index (χ0v) is 13.8. The zero-order chi connectivity index (χ0) is 16.4. The summed E-state index contributed by atoms with van der Waals surface area (Å²) in [4.78, 5) is 27.2. The molecular formula is C18H22N4O. The van der Waals surface area contributed by atoms with Crippen LogP contribution in [0.25, 0.3) is 11.0 Å². The highest BCUT2D eigenvalue weighted by Crippen LogP contribution is 2.30. The van der Waals surface area contributed by atoms with Crippen molar-refractivity contribution in [3.8, 4) is 0 Å². The summed E-state index contributed by atoms with van der Waals surface area (Å²) >= 11 is 0. The van der Waals surface area contributed by atoms with Gasteiger partial charge < -0.3 is 9.97 Å². The van der Waals surface area contributed by atoms with Gasteiger partial charge in [-0.2, -0.15) is 0 Å². The van der Waals surface area contributed by atoms with Crippen molar-refractivity contribution in [3.63, 3.8) is 0 Å². The number of H-pyrrole nitrogens is 2. The quantitative estimate of drug-likeness (QED) is 0.758. The Morgan fingerprint density at radius 1 is 1.26 bits per heavy atom. The van der Waals surface area contributed by atoms with E-state index in [0.29, 0.717) is 18.0 Å². The Hall–Kier alpha value is -2.43. The van der Waals surface area contributed by atoms with Crippen LogP contribution in [0.15, 0.2) is 35.4 Å². The predicted molar refractivity (Wildman–Crippen MR) is 91.6 cm³/mol.